The first-order chi connectivity index (χ1) is 7.22. The van der Waals surface area contributed by atoms with Crippen molar-refractivity contribution in [3.8, 4) is 0 Å². The summed E-state index contributed by atoms with van der Waals surface area (Å²) in [6.07, 6.45) is 2.85. The molecule has 1 spiro atoms. The van der Waals surface area contributed by atoms with Crippen molar-refractivity contribution in [2.75, 3.05) is 6.54 Å². The minimum absolute atomic E-state index is 0.198. The molecule has 1 aromatic carbocycles. The Balaban J connectivity index is 2.15. The van der Waals surface area contributed by atoms with Gasteiger partial charge in [0.25, 0.3) is 0 Å². The smallest absolute Gasteiger partial charge is 0.230 e. The van der Waals surface area contributed by atoms with E-state index in [4.69, 9.17) is 11.6 Å². The fraction of sp³-hybridized carbons (Fsp3) is 0.417. The number of fused-ring (bicyclic) bond motifs is 2. The molecule has 3 rings (SSSR count). The van der Waals surface area contributed by atoms with Gasteiger partial charge in [-0.3, -0.25) is 4.79 Å². The zero-order valence-electron chi connectivity index (χ0n) is 8.35. The van der Waals surface area contributed by atoms with Crippen molar-refractivity contribution >= 4 is 17.5 Å². The maximum absolute atomic E-state index is 11.9. The average molecular weight is 222 g/mol. The first-order valence-corrected chi connectivity index (χ1v) is 5.67. The second kappa shape index (κ2) is 2.99. The van der Waals surface area contributed by atoms with Crippen LogP contribution in [-0.2, 0) is 16.6 Å². The largest absolute Gasteiger partial charge is 0.355 e. The molecule has 1 aliphatic heterocycles. The van der Waals surface area contributed by atoms with Crippen LogP contribution in [0.3, 0.4) is 0 Å². The molecule has 1 unspecified atom stereocenters. The molecular weight excluding hydrogens is 210 g/mol. The lowest BCUT2D eigenvalue weighted by Crippen LogP contribution is -2.33. The molecule has 15 heavy (non-hydrogen) atoms. The normalized spacial score (nSPS) is 28.2. The summed E-state index contributed by atoms with van der Waals surface area (Å²) in [6, 6.07) is 5.91. The van der Waals surface area contributed by atoms with Gasteiger partial charge in [-0.1, -0.05) is 17.7 Å². The molecule has 1 saturated heterocycles. The molecule has 0 aromatic heterocycles. The first kappa shape index (κ1) is 9.22. The third-order valence-electron chi connectivity index (χ3n) is 3.68. The van der Waals surface area contributed by atoms with E-state index in [2.05, 4.69) is 5.32 Å². The van der Waals surface area contributed by atoms with E-state index in [0.717, 1.165) is 30.8 Å². The number of hydrogen-bond donors (Lipinski definition) is 1. The third kappa shape index (κ3) is 1.14. The molecule has 1 fully saturated rings. The molecule has 78 valence electrons. The molecule has 2 aliphatic rings. The standard InChI is InChI=1S/C12H12ClNO/c13-9-1-2-10-8(7-9)3-4-12(10)5-6-14-11(12)15/h1-2,7H,3-6H2,(H,14,15). The van der Waals surface area contributed by atoms with Gasteiger partial charge in [0.1, 0.15) is 0 Å². The van der Waals surface area contributed by atoms with Gasteiger partial charge in [-0.25, -0.2) is 0 Å². The van der Waals surface area contributed by atoms with E-state index in [1.54, 1.807) is 0 Å². The summed E-state index contributed by atoms with van der Waals surface area (Å²) >= 11 is 5.95. The Morgan fingerprint density at radius 3 is 2.93 bits per heavy atom. The monoisotopic (exact) mass is 221 g/mol. The highest BCUT2D eigenvalue weighted by Gasteiger charge is 2.47. The molecule has 2 nitrogen and oxygen atoms in total. The minimum Gasteiger partial charge on any atom is -0.355 e. The Bertz CT molecular complexity index is 443. The molecule has 3 heteroatoms. The highest BCUT2D eigenvalue weighted by Crippen LogP contribution is 2.44. The van der Waals surface area contributed by atoms with E-state index in [-0.39, 0.29) is 11.3 Å². The van der Waals surface area contributed by atoms with Crippen molar-refractivity contribution in [3.05, 3.63) is 34.3 Å². The molecular formula is C12H12ClNO. The van der Waals surface area contributed by atoms with E-state index in [9.17, 15) is 4.79 Å². The Labute approximate surface area is 93.6 Å². The van der Waals surface area contributed by atoms with Crippen LogP contribution in [0.1, 0.15) is 24.0 Å². The molecule has 1 heterocycles. The molecule has 0 bridgehead atoms. The summed E-state index contributed by atoms with van der Waals surface area (Å²) in [5, 5.41) is 3.70. The van der Waals surface area contributed by atoms with Crippen molar-refractivity contribution in [1.82, 2.24) is 5.32 Å². The third-order valence-corrected chi connectivity index (χ3v) is 3.91. The van der Waals surface area contributed by atoms with E-state index in [1.807, 2.05) is 18.2 Å². The number of nitrogens with one attached hydrogen (secondary N) is 1. The fourth-order valence-electron chi connectivity index (χ4n) is 2.89. The van der Waals surface area contributed by atoms with Gasteiger partial charge in [-0.05, 0) is 42.5 Å². The van der Waals surface area contributed by atoms with Gasteiger partial charge in [0.2, 0.25) is 5.91 Å². The van der Waals surface area contributed by atoms with Crippen LogP contribution in [0.25, 0.3) is 0 Å². The van der Waals surface area contributed by atoms with E-state index >= 15 is 0 Å². The highest BCUT2D eigenvalue weighted by molar-refractivity contribution is 6.30. The van der Waals surface area contributed by atoms with Gasteiger partial charge in [-0.2, -0.15) is 0 Å². The zero-order chi connectivity index (χ0) is 10.5. The molecule has 1 aromatic rings. The Kier molecular flexibility index (Phi) is 1.84. The zero-order valence-corrected chi connectivity index (χ0v) is 9.10. The number of amides is 1. The SMILES string of the molecule is O=C1NCCC12CCc1cc(Cl)ccc12. The fourth-order valence-corrected chi connectivity index (χ4v) is 3.08. The van der Waals surface area contributed by atoms with Crippen LogP contribution < -0.4 is 5.32 Å². The first-order valence-electron chi connectivity index (χ1n) is 5.30. The average Bonchev–Trinajstić information content (AvgIpc) is 2.75. The van der Waals surface area contributed by atoms with E-state index in [1.165, 1.54) is 11.1 Å². The maximum Gasteiger partial charge on any atom is 0.230 e. The molecule has 1 amide bonds. The number of rotatable bonds is 0. The topological polar surface area (TPSA) is 29.1 Å². The predicted molar refractivity (Wildman–Crippen MR) is 59.1 cm³/mol. The van der Waals surface area contributed by atoms with Crippen LogP contribution in [0.15, 0.2) is 18.2 Å². The second-order valence-corrected chi connectivity index (χ2v) is 4.83. The number of halogens is 1. The molecule has 1 N–H and O–H groups in total. The summed E-state index contributed by atoms with van der Waals surface area (Å²) < 4.78 is 0. The van der Waals surface area contributed by atoms with Gasteiger partial charge in [0.05, 0.1) is 5.41 Å². The van der Waals surface area contributed by atoms with Crippen LogP contribution in [0, 0.1) is 0 Å². The van der Waals surface area contributed by atoms with Crippen LogP contribution in [0.4, 0.5) is 0 Å². The summed E-state index contributed by atoms with van der Waals surface area (Å²) in [5.74, 6) is 0.198. The Hall–Kier alpha value is -1.02. The number of hydrogen-bond acceptors (Lipinski definition) is 1. The van der Waals surface area contributed by atoms with Gasteiger partial charge in [0.15, 0.2) is 0 Å². The highest BCUT2D eigenvalue weighted by atomic mass is 35.5. The molecule has 1 atom stereocenters. The Morgan fingerprint density at radius 2 is 2.20 bits per heavy atom. The molecule has 1 aliphatic carbocycles. The lowest BCUT2D eigenvalue weighted by molar-refractivity contribution is -0.123. The quantitative estimate of drug-likeness (QED) is 0.714. The van der Waals surface area contributed by atoms with Crippen molar-refractivity contribution in [2.45, 2.75) is 24.7 Å². The van der Waals surface area contributed by atoms with Crippen LogP contribution in [-0.4, -0.2) is 12.5 Å². The van der Waals surface area contributed by atoms with Crippen molar-refractivity contribution in [2.24, 2.45) is 0 Å². The molecule has 0 saturated carbocycles. The van der Waals surface area contributed by atoms with E-state index in [0.29, 0.717) is 0 Å². The molecule has 0 radical (unpaired) electrons. The summed E-state index contributed by atoms with van der Waals surface area (Å²) in [7, 11) is 0. The predicted octanol–water partition coefficient (Wildman–Crippen LogP) is 2.04. The van der Waals surface area contributed by atoms with Gasteiger partial charge in [0, 0.05) is 11.6 Å². The van der Waals surface area contributed by atoms with Crippen LogP contribution >= 0.6 is 11.6 Å². The van der Waals surface area contributed by atoms with Crippen LogP contribution in [0.5, 0.6) is 0 Å². The van der Waals surface area contributed by atoms with E-state index < -0.39 is 0 Å². The second-order valence-electron chi connectivity index (χ2n) is 4.39. The van der Waals surface area contributed by atoms with Crippen molar-refractivity contribution < 1.29 is 4.79 Å². The van der Waals surface area contributed by atoms with Crippen LogP contribution in [0.2, 0.25) is 5.02 Å². The number of carbonyl (C=O) groups excluding carboxylic acids is 1. The maximum atomic E-state index is 11.9. The lowest BCUT2D eigenvalue weighted by Gasteiger charge is -2.20. The van der Waals surface area contributed by atoms with Crippen molar-refractivity contribution in [3.63, 3.8) is 0 Å². The van der Waals surface area contributed by atoms with Gasteiger partial charge >= 0.3 is 0 Å². The number of benzene rings is 1. The van der Waals surface area contributed by atoms with Gasteiger partial charge < -0.3 is 5.32 Å². The summed E-state index contributed by atoms with van der Waals surface area (Å²) in [5.41, 5.74) is 2.21. The lowest BCUT2D eigenvalue weighted by atomic mass is 9.80. The van der Waals surface area contributed by atoms with Crippen molar-refractivity contribution in [1.29, 1.82) is 0 Å². The number of aryl methyl sites for hydroxylation is 1. The summed E-state index contributed by atoms with van der Waals surface area (Å²) in [6.45, 7) is 0.806. The minimum atomic E-state index is -0.236. The van der Waals surface area contributed by atoms with Gasteiger partial charge in [-0.15, -0.1) is 0 Å². The number of carbonyl (C=O) groups is 1. The summed E-state index contributed by atoms with van der Waals surface area (Å²) in [4.78, 5) is 11.9. The Morgan fingerprint density at radius 1 is 1.33 bits per heavy atom.